The molecule has 106 valence electrons. The minimum Gasteiger partial charge on any atom is -0.399 e. The first kappa shape index (κ1) is 14.3. The minimum absolute atomic E-state index is 0.362. The molecule has 1 aromatic carbocycles. The van der Waals surface area contributed by atoms with Crippen LogP contribution in [0.2, 0.25) is 0 Å². The molecule has 2 aromatic rings. The predicted molar refractivity (Wildman–Crippen MR) is 83.7 cm³/mol. The van der Waals surface area contributed by atoms with Crippen molar-refractivity contribution in [3.8, 4) is 0 Å². The summed E-state index contributed by atoms with van der Waals surface area (Å²) in [6.07, 6.45) is 0. The number of nitrogen functional groups attached to an aromatic ring is 1. The van der Waals surface area contributed by atoms with Gasteiger partial charge in [-0.15, -0.1) is 0 Å². The van der Waals surface area contributed by atoms with Crippen LogP contribution >= 0.6 is 0 Å². The number of nitrogens with two attached hydrogens (primary N) is 1. The van der Waals surface area contributed by atoms with Crippen LogP contribution in [-0.4, -0.2) is 16.0 Å². The molecule has 0 unspecified atom stereocenters. The fourth-order valence-electron chi connectivity index (χ4n) is 2.19. The maximum Gasteiger partial charge on any atom is 0.133 e. The number of aryl methyl sites for hydroxylation is 2. The molecule has 20 heavy (non-hydrogen) atoms. The van der Waals surface area contributed by atoms with Gasteiger partial charge in [-0.2, -0.15) is 0 Å². The highest BCUT2D eigenvalue weighted by Crippen LogP contribution is 2.19. The molecule has 0 saturated carbocycles. The van der Waals surface area contributed by atoms with E-state index in [1.54, 1.807) is 0 Å². The van der Waals surface area contributed by atoms with E-state index in [4.69, 9.17) is 5.73 Å². The smallest absolute Gasteiger partial charge is 0.133 e. The lowest BCUT2D eigenvalue weighted by Gasteiger charge is -2.28. The summed E-state index contributed by atoms with van der Waals surface area (Å²) in [4.78, 5) is 11.2. The first-order chi connectivity index (χ1) is 9.45. The molecule has 0 fully saturated rings. The summed E-state index contributed by atoms with van der Waals surface area (Å²) in [5, 5.41) is 0. The zero-order chi connectivity index (χ0) is 14.7. The fourth-order valence-corrected chi connectivity index (χ4v) is 2.19. The van der Waals surface area contributed by atoms with Crippen LogP contribution in [0.3, 0.4) is 0 Å². The van der Waals surface area contributed by atoms with E-state index >= 15 is 0 Å². The largest absolute Gasteiger partial charge is 0.399 e. The van der Waals surface area contributed by atoms with Gasteiger partial charge in [0.25, 0.3) is 0 Å². The van der Waals surface area contributed by atoms with Gasteiger partial charge in [-0.25, -0.2) is 9.97 Å². The molecule has 0 atom stereocenters. The third-order valence-electron chi connectivity index (χ3n) is 3.20. The summed E-state index contributed by atoms with van der Waals surface area (Å²) >= 11 is 0. The van der Waals surface area contributed by atoms with Gasteiger partial charge in [-0.3, -0.25) is 0 Å². The van der Waals surface area contributed by atoms with Crippen molar-refractivity contribution < 1.29 is 0 Å². The number of rotatable bonds is 4. The molecule has 0 bridgehead atoms. The van der Waals surface area contributed by atoms with Crippen LogP contribution in [0, 0.1) is 13.8 Å². The van der Waals surface area contributed by atoms with Crippen LogP contribution in [0.1, 0.15) is 30.9 Å². The topological polar surface area (TPSA) is 55.0 Å². The van der Waals surface area contributed by atoms with Crippen LogP contribution in [0.25, 0.3) is 0 Å². The molecule has 0 amide bonds. The summed E-state index contributed by atoms with van der Waals surface area (Å²) in [5.41, 5.74) is 8.74. The van der Waals surface area contributed by atoms with Gasteiger partial charge in [0, 0.05) is 30.0 Å². The van der Waals surface area contributed by atoms with Crippen LogP contribution in [0.4, 0.5) is 11.5 Å². The molecule has 0 spiro atoms. The maximum absolute atomic E-state index is 5.73. The van der Waals surface area contributed by atoms with Crippen molar-refractivity contribution in [2.75, 3.05) is 10.6 Å². The van der Waals surface area contributed by atoms with Crippen molar-refractivity contribution in [2.24, 2.45) is 0 Å². The summed E-state index contributed by atoms with van der Waals surface area (Å²) in [5.74, 6) is 1.78. The highest BCUT2D eigenvalue weighted by Gasteiger charge is 2.13. The van der Waals surface area contributed by atoms with E-state index in [2.05, 4.69) is 40.8 Å². The first-order valence-electron chi connectivity index (χ1n) is 6.89. The van der Waals surface area contributed by atoms with Gasteiger partial charge in [0.05, 0.1) is 0 Å². The quantitative estimate of drug-likeness (QED) is 0.867. The van der Waals surface area contributed by atoms with Gasteiger partial charge in [0.15, 0.2) is 0 Å². The molecule has 4 heteroatoms. The van der Waals surface area contributed by atoms with Gasteiger partial charge in [-0.05, 0) is 45.4 Å². The number of nitrogens with zero attached hydrogens (tertiary/aromatic N) is 3. The molecular formula is C16H22N4. The average Bonchev–Trinajstić information content (AvgIpc) is 2.36. The second-order valence-corrected chi connectivity index (χ2v) is 5.38. The molecule has 0 aliphatic rings. The molecule has 0 aliphatic heterocycles. The average molecular weight is 270 g/mol. The van der Waals surface area contributed by atoms with Crippen molar-refractivity contribution in [1.29, 1.82) is 0 Å². The Morgan fingerprint density at radius 1 is 1.10 bits per heavy atom. The van der Waals surface area contributed by atoms with E-state index in [1.165, 1.54) is 5.56 Å². The zero-order valence-corrected chi connectivity index (χ0v) is 12.6. The Morgan fingerprint density at radius 2 is 1.75 bits per heavy atom. The lowest BCUT2D eigenvalue weighted by Crippen LogP contribution is -2.31. The molecule has 2 N–H and O–H groups in total. The Kier molecular flexibility index (Phi) is 4.23. The molecule has 0 aliphatic carbocycles. The molecular weight excluding hydrogens is 248 g/mol. The Labute approximate surface area is 120 Å². The van der Waals surface area contributed by atoms with Crippen LogP contribution < -0.4 is 10.6 Å². The lowest BCUT2D eigenvalue weighted by atomic mass is 10.1. The normalized spacial score (nSPS) is 10.8. The van der Waals surface area contributed by atoms with Crippen molar-refractivity contribution >= 4 is 11.5 Å². The summed E-state index contributed by atoms with van der Waals surface area (Å²) in [6.45, 7) is 9.08. The number of hydrogen-bond donors (Lipinski definition) is 1. The van der Waals surface area contributed by atoms with E-state index < -0.39 is 0 Å². The molecule has 0 radical (unpaired) electrons. The number of anilines is 2. The Morgan fingerprint density at radius 3 is 2.30 bits per heavy atom. The molecule has 2 rings (SSSR count). The van der Waals surface area contributed by atoms with Crippen molar-refractivity contribution in [3.05, 3.63) is 47.4 Å². The van der Waals surface area contributed by atoms with E-state index in [9.17, 15) is 0 Å². The highest BCUT2D eigenvalue weighted by atomic mass is 15.2. The third kappa shape index (κ3) is 3.47. The standard InChI is InChI=1S/C16H22N4/c1-11(2)20(10-14-5-7-15(17)8-6-14)16-9-12(3)18-13(4)19-16/h5-9,11H,10,17H2,1-4H3. The number of benzene rings is 1. The van der Waals surface area contributed by atoms with Crippen LogP contribution in [-0.2, 0) is 6.54 Å². The second-order valence-electron chi connectivity index (χ2n) is 5.38. The SMILES string of the molecule is Cc1cc(N(Cc2ccc(N)cc2)C(C)C)nc(C)n1. The predicted octanol–water partition coefficient (Wildman–Crippen LogP) is 3.09. The van der Waals surface area contributed by atoms with Gasteiger partial charge in [0.1, 0.15) is 11.6 Å². The minimum atomic E-state index is 0.362. The summed E-state index contributed by atoms with van der Waals surface area (Å²) in [6, 6.07) is 10.4. The van der Waals surface area contributed by atoms with Crippen LogP contribution in [0.5, 0.6) is 0 Å². The van der Waals surface area contributed by atoms with Gasteiger partial charge >= 0.3 is 0 Å². The lowest BCUT2D eigenvalue weighted by molar-refractivity contribution is 0.668. The van der Waals surface area contributed by atoms with Crippen molar-refractivity contribution in [1.82, 2.24) is 9.97 Å². The van der Waals surface area contributed by atoms with Gasteiger partial charge in [0.2, 0.25) is 0 Å². The third-order valence-corrected chi connectivity index (χ3v) is 3.20. The Bertz CT molecular complexity index is 555. The summed E-state index contributed by atoms with van der Waals surface area (Å²) < 4.78 is 0. The summed E-state index contributed by atoms with van der Waals surface area (Å²) in [7, 11) is 0. The second kappa shape index (κ2) is 5.90. The fraction of sp³-hybridized carbons (Fsp3) is 0.375. The maximum atomic E-state index is 5.73. The van der Waals surface area contributed by atoms with Crippen molar-refractivity contribution in [3.63, 3.8) is 0 Å². The molecule has 0 saturated heterocycles. The van der Waals surface area contributed by atoms with Crippen LogP contribution in [0.15, 0.2) is 30.3 Å². The van der Waals surface area contributed by atoms with Gasteiger partial charge < -0.3 is 10.6 Å². The van der Waals surface area contributed by atoms with E-state index in [1.807, 2.05) is 32.0 Å². The number of hydrogen-bond acceptors (Lipinski definition) is 4. The van der Waals surface area contributed by atoms with Gasteiger partial charge in [-0.1, -0.05) is 12.1 Å². The van der Waals surface area contributed by atoms with E-state index in [-0.39, 0.29) is 0 Å². The monoisotopic (exact) mass is 270 g/mol. The molecule has 4 nitrogen and oxygen atoms in total. The Hall–Kier alpha value is -2.10. The first-order valence-corrected chi connectivity index (χ1v) is 6.89. The molecule has 1 aromatic heterocycles. The van der Waals surface area contributed by atoms with E-state index in [0.29, 0.717) is 6.04 Å². The number of aromatic nitrogens is 2. The Balaban J connectivity index is 2.29. The zero-order valence-electron chi connectivity index (χ0n) is 12.6. The molecule has 1 heterocycles. The van der Waals surface area contributed by atoms with Crippen molar-refractivity contribution in [2.45, 2.75) is 40.3 Å². The van der Waals surface area contributed by atoms with E-state index in [0.717, 1.165) is 29.6 Å². The highest BCUT2D eigenvalue weighted by molar-refractivity contribution is 5.44.